The lowest BCUT2D eigenvalue weighted by Crippen LogP contribution is -2.44. The summed E-state index contributed by atoms with van der Waals surface area (Å²) in [6.45, 7) is 5.27. The van der Waals surface area contributed by atoms with Crippen LogP contribution in [0.25, 0.3) is 0 Å². The lowest BCUT2D eigenvalue weighted by molar-refractivity contribution is -0.156. The molecule has 1 aromatic rings. The Kier molecular flexibility index (Phi) is 7.91. The van der Waals surface area contributed by atoms with Gasteiger partial charge in [-0.3, -0.25) is 9.59 Å². The number of amides is 1. The summed E-state index contributed by atoms with van der Waals surface area (Å²) in [5.74, 6) is -0.900. The first kappa shape index (κ1) is 20.2. The van der Waals surface area contributed by atoms with Gasteiger partial charge in [-0.25, -0.2) is 4.79 Å². The number of benzene rings is 1. The minimum atomic E-state index is -0.998. The third-order valence-corrected chi connectivity index (χ3v) is 3.37. The number of ether oxygens (including phenoxy) is 2. The molecule has 0 fully saturated rings. The van der Waals surface area contributed by atoms with Crippen molar-refractivity contribution >= 4 is 33.8 Å². The van der Waals surface area contributed by atoms with Crippen molar-refractivity contribution in [2.75, 3.05) is 5.33 Å². The Bertz CT molecular complexity index is 568. The first-order valence-electron chi connectivity index (χ1n) is 7.49. The molecule has 0 saturated carbocycles. The van der Waals surface area contributed by atoms with Gasteiger partial charge >= 0.3 is 12.1 Å². The van der Waals surface area contributed by atoms with Crippen LogP contribution in [-0.2, 0) is 25.7 Å². The van der Waals surface area contributed by atoms with Gasteiger partial charge in [-0.15, -0.1) is 0 Å². The first-order valence-corrected chi connectivity index (χ1v) is 8.61. The maximum atomic E-state index is 11.9. The zero-order valence-corrected chi connectivity index (χ0v) is 15.6. The monoisotopic (exact) mass is 399 g/mol. The number of carbonyl (C=O) groups is 3. The average molecular weight is 400 g/mol. The molecule has 7 heteroatoms. The van der Waals surface area contributed by atoms with E-state index in [0.29, 0.717) is 0 Å². The van der Waals surface area contributed by atoms with Crippen LogP contribution < -0.4 is 5.32 Å². The largest absolute Gasteiger partial charge is 0.460 e. The molecule has 0 aliphatic carbocycles. The van der Waals surface area contributed by atoms with Crippen molar-refractivity contribution in [3.8, 4) is 0 Å². The lowest BCUT2D eigenvalue weighted by atomic mass is 10.1. The molecule has 1 aromatic carbocycles. The summed E-state index contributed by atoms with van der Waals surface area (Å²) >= 11 is 3.04. The van der Waals surface area contributed by atoms with Gasteiger partial charge in [0.25, 0.3) is 0 Å². The molecular weight excluding hydrogens is 378 g/mol. The number of Topliss-reactive ketones (excluding diaryl/α,β-unsaturated/α-hetero) is 1. The number of rotatable bonds is 7. The van der Waals surface area contributed by atoms with E-state index in [1.165, 1.54) is 0 Å². The van der Waals surface area contributed by atoms with E-state index in [1.807, 2.05) is 30.3 Å². The third kappa shape index (κ3) is 8.10. The molecule has 0 bridgehead atoms. The minimum Gasteiger partial charge on any atom is -0.460 e. The van der Waals surface area contributed by atoms with Crippen LogP contribution in [0, 0.1) is 0 Å². The van der Waals surface area contributed by atoms with Crippen LogP contribution in [0.3, 0.4) is 0 Å². The molecule has 132 valence electrons. The molecule has 1 amide bonds. The van der Waals surface area contributed by atoms with Crippen LogP contribution in [0.4, 0.5) is 4.79 Å². The van der Waals surface area contributed by atoms with E-state index in [2.05, 4.69) is 21.2 Å². The van der Waals surface area contributed by atoms with Crippen LogP contribution in [-0.4, -0.2) is 34.8 Å². The number of alkyl halides is 1. The second-order valence-corrected chi connectivity index (χ2v) is 6.71. The highest BCUT2D eigenvalue weighted by molar-refractivity contribution is 9.09. The summed E-state index contributed by atoms with van der Waals surface area (Å²) in [4.78, 5) is 35.6. The molecule has 0 spiro atoms. The smallest absolute Gasteiger partial charge is 0.408 e. The SMILES string of the molecule is CC(C)(C)OC(=O)C[C@H](NC(=O)OCc1ccccc1)C(=O)CBr. The topological polar surface area (TPSA) is 81.7 Å². The molecule has 0 unspecified atom stereocenters. The Morgan fingerprint density at radius 3 is 2.33 bits per heavy atom. The predicted molar refractivity (Wildman–Crippen MR) is 92.8 cm³/mol. The van der Waals surface area contributed by atoms with Crippen LogP contribution in [0.15, 0.2) is 30.3 Å². The zero-order valence-electron chi connectivity index (χ0n) is 14.0. The molecule has 1 atom stereocenters. The van der Waals surface area contributed by atoms with Crippen molar-refractivity contribution in [1.29, 1.82) is 0 Å². The maximum absolute atomic E-state index is 11.9. The summed E-state index contributed by atoms with van der Waals surface area (Å²) in [7, 11) is 0. The van der Waals surface area contributed by atoms with E-state index in [0.717, 1.165) is 5.56 Å². The summed E-state index contributed by atoms with van der Waals surface area (Å²) in [6, 6.07) is 8.15. The van der Waals surface area contributed by atoms with Crippen LogP contribution in [0.5, 0.6) is 0 Å². The lowest BCUT2D eigenvalue weighted by Gasteiger charge is -2.22. The van der Waals surface area contributed by atoms with E-state index in [4.69, 9.17) is 9.47 Å². The zero-order chi connectivity index (χ0) is 18.2. The average Bonchev–Trinajstić information content (AvgIpc) is 2.50. The third-order valence-electron chi connectivity index (χ3n) is 2.82. The Labute approximate surface area is 150 Å². The minimum absolute atomic E-state index is 0.0133. The Balaban J connectivity index is 2.57. The van der Waals surface area contributed by atoms with Crippen LogP contribution in [0.1, 0.15) is 32.8 Å². The molecule has 6 nitrogen and oxygen atoms in total. The van der Waals surface area contributed by atoms with E-state index < -0.39 is 23.7 Å². The van der Waals surface area contributed by atoms with Crippen molar-refractivity contribution in [2.45, 2.75) is 45.4 Å². The second kappa shape index (κ2) is 9.42. The van der Waals surface area contributed by atoms with E-state index in [-0.39, 0.29) is 24.1 Å². The molecule has 0 heterocycles. The normalized spacial score (nSPS) is 12.2. The van der Waals surface area contributed by atoms with Gasteiger partial charge in [0.15, 0.2) is 5.78 Å². The Morgan fingerprint density at radius 1 is 1.17 bits per heavy atom. The Morgan fingerprint density at radius 2 is 1.79 bits per heavy atom. The fourth-order valence-electron chi connectivity index (χ4n) is 1.80. The summed E-state index contributed by atoms with van der Waals surface area (Å²) in [6.07, 6.45) is -1.01. The van der Waals surface area contributed by atoms with Gasteiger partial charge in [-0.2, -0.15) is 0 Å². The predicted octanol–water partition coefficient (Wildman–Crippen LogP) is 2.98. The summed E-state index contributed by atoms with van der Waals surface area (Å²) in [5, 5.41) is 2.43. The van der Waals surface area contributed by atoms with Gasteiger partial charge in [-0.05, 0) is 26.3 Å². The van der Waals surface area contributed by atoms with Crippen LogP contribution in [0.2, 0.25) is 0 Å². The molecule has 0 aliphatic heterocycles. The molecule has 0 aliphatic rings. The fraction of sp³-hybridized carbons (Fsp3) is 0.471. The highest BCUT2D eigenvalue weighted by Gasteiger charge is 2.26. The number of carbonyl (C=O) groups excluding carboxylic acids is 3. The fourth-order valence-corrected chi connectivity index (χ4v) is 2.19. The molecule has 0 radical (unpaired) electrons. The molecular formula is C17H22BrNO5. The van der Waals surface area contributed by atoms with E-state index >= 15 is 0 Å². The van der Waals surface area contributed by atoms with Crippen LogP contribution >= 0.6 is 15.9 Å². The van der Waals surface area contributed by atoms with E-state index in [1.54, 1.807) is 20.8 Å². The van der Waals surface area contributed by atoms with Gasteiger partial charge < -0.3 is 14.8 Å². The quantitative estimate of drug-likeness (QED) is 0.562. The molecule has 0 saturated heterocycles. The molecule has 0 aromatic heterocycles. The first-order chi connectivity index (χ1) is 11.2. The molecule has 24 heavy (non-hydrogen) atoms. The van der Waals surface area contributed by atoms with Crippen molar-refractivity contribution < 1.29 is 23.9 Å². The number of alkyl carbamates (subject to hydrolysis) is 1. The summed E-state index contributed by atoms with van der Waals surface area (Å²) in [5.41, 5.74) is 0.163. The van der Waals surface area contributed by atoms with Gasteiger partial charge in [0.2, 0.25) is 0 Å². The second-order valence-electron chi connectivity index (χ2n) is 6.15. The van der Waals surface area contributed by atoms with Gasteiger partial charge in [0.05, 0.1) is 11.8 Å². The standard InChI is InChI=1S/C17H22BrNO5/c1-17(2,3)24-15(21)9-13(14(20)10-18)19-16(22)23-11-12-7-5-4-6-8-12/h4-8,13H,9-11H2,1-3H3,(H,19,22)/t13-/m0/s1. The van der Waals surface area contributed by atoms with Gasteiger partial charge in [0, 0.05) is 0 Å². The highest BCUT2D eigenvalue weighted by atomic mass is 79.9. The van der Waals surface area contributed by atoms with Gasteiger partial charge in [-0.1, -0.05) is 46.3 Å². The van der Waals surface area contributed by atoms with Crippen molar-refractivity contribution in [3.05, 3.63) is 35.9 Å². The number of ketones is 1. The van der Waals surface area contributed by atoms with E-state index in [9.17, 15) is 14.4 Å². The van der Waals surface area contributed by atoms with Crippen molar-refractivity contribution in [2.24, 2.45) is 0 Å². The van der Waals surface area contributed by atoms with Crippen molar-refractivity contribution in [1.82, 2.24) is 5.32 Å². The molecule has 1 rings (SSSR count). The Hall–Kier alpha value is -1.89. The summed E-state index contributed by atoms with van der Waals surface area (Å²) < 4.78 is 10.2. The molecule has 1 N–H and O–H groups in total. The van der Waals surface area contributed by atoms with Crippen molar-refractivity contribution in [3.63, 3.8) is 0 Å². The number of halogens is 1. The number of hydrogen-bond acceptors (Lipinski definition) is 5. The maximum Gasteiger partial charge on any atom is 0.408 e. The highest BCUT2D eigenvalue weighted by Crippen LogP contribution is 2.10. The number of nitrogens with one attached hydrogen (secondary N) is 1. The number of hydrogen-bond donors (Lipinski definition) is 1. The number of esters is 1. The van der Waals surface area contributed by atoms with Gasteiger partial charge in [0.1, 0.15) is 18.2 Å².